The summed E-state index contributed by atoms with van der Waals surface area (Å²) in [6.07, 6.45) is 0. The van der Waals surface area contributed by atoms with Crippen LogP contribution in [0.4, 0.5) is 0 Å². The van der Waals surface area contributed by atoms with Crippen LogP contribution in [0.5, 0.6) is 17.2 Å². The van der Waals surface area contributed by atoms with Gasteiger partial charge in [0.2, 0.25) is 0 Å². The van der Waals surface area contributed by atoms with Crippen LogP contribution in [-0.4, -0.2) is 19.3 Å². The van der Waals surface area contributed by atoms with E-state index in [1.165, 1.54) is 19.2 Å². The molecule has 0 atom stereocenters. The molecule has 112 valence electrons. The van der Waals surface area contributed by atoms with Crippen LogP contribution in [0.2, 0.25) is 0 Å². The van der Waals surface area contributed by atoms with Crippen LogP contribution in [0.1, 0.15) is 0 Å². The summed E-state index contributed by atoms with van der Waals surface area (Å²) in [5, 5.41) is 10.7. The lowest BCUT2D eigenvalue weighted by Crippen LogP contribution is -1.99. The van der Waals surface area contributed by atoms with E-state index in [1.807, 2.05) is 12.1 Å². The predicted octanol–water partition coefficient (Wildman–Crippen LogP) is 3.18. The van der Waals surface area contributed by atoms with Crippen LogP contribution in [0.25, 0.3) is 22.1 Å². The number of phenolic OH excluding ortho intramolecular Hbond substituents is 1. The number of ether oxygens (including phenoxy) is 2. The van der Waals surface area contributed by atoms with Crippen LogP contribution in [-0.2, 0) is 0 Å². The minimum atomic E-state index is -0.494. The first-order chi connectivity index (χ1) is 10.6. The second kappa shape index (κ2) is 5.44. The summed E-state index contributed by atoms with van der Waals surface area (Å²) in [6.45, 7) is 0. The minimum absolute atomic E-state index is 0.0103. The highest BCUT2D eigenvalue weighted by Gasteiger charge is 2.13. The van der Waals surface area contributed by atoms with Crippen molar-refractivity contribution in [1.82, 2.24) is 0 Å². The highest BCUT2D eigenvalue weighted by atomic mass is 16.5. The maximum absolute atomic E-state index is 11.8. The zero-order valence-electron chi connectivity index (χ0n) is 12.1. The number of hydrogen-bond acceptors (Lipinski definition) is 5. The smallest absolute Gasteiger partial charge is 0.336 e. The Morgan fingerprint density at radius 2 is 1.64 bits per heavy atom. The number of phenols is 1. The van der Waals surface area contributed by atoms with Gasteiger partial charge in [0, 0.05) is 23.8 Å². The summed E-state index contributed by atoms with van der Waals surface area (Å²) in [5.41, 5.74) is 1.15. The lowest BCUT2D eigenvalue weighted by molar-refractivity contribution is 0.407. The Hall–Kier alpha value is -2.95. The van der Waals surface area contributed by atoms with Crippen molar-refractivity contribution in [1.29, 1.82) is 0 Å². The van der Waals surface area contributed by atoms with Crippen molar-refractivity contribution in [2.24, 2.45) is 0 Å². The third kappa shape index (κ3) is 2.37. The molecule has 0 spiro atoms. The molecule has 0 aliphatic rings. The molecule has 3 aromatic rings. The molecule has 5 nitrogen and oxygen atoms in total. The minimum Gasteiger partial charge on any atom is -0.507 e. The van der Waals surface area contributed by atoms with Gasteiger partial charge in [0.15, 0.2) is 0 Å². The Balaban J connectivity index is 2.30. The van der Waals surface area contributed by atoms with Gasteiger partial charge in [-0.1, -0.05) is 12.1 Å². The molecule has 22 heavy (non-hydrogen) atoms. The van der Waals surface area contributed by atoms with Crippen molar-refractivity contribution in [3.63, 3.8) is 0 Å². The molecule has 0 unspecified atom stereocenters. The van der Waals surface area contributed by atoms with Crippen LogP contribution in [0, 0.1) is 0 Å². The van der Waals surface area contributed by atoms with E-state index in [9.17, 15) is 9.90 Å². The lowest BCUT2D eigenvalue weighted by Gasteiger charge is -2.09. The molecule has 1 heterocycles. The molecule has 0 saturated heterocycles. The van der Waals surface area contributed by atoms with Crippen LogP contribution in [0.15, 0.2) is 51.7 Å². The molecule has 0 saturated carbocycles. The van der Waals surface area contributed by atoms with Crippen molar-refractivity contribution >= 4 is 11.0 Å². The summed E-state index contributed by atoms with van der Waals surface area (Å²) >= 11 is 0. The monoisotopic (exact) mass is 298 g/mol. The number of rotatable bonds is 3. The molecule has 5 heteroatoms. The standard InChI is InChI=1S/C17H14O5/c1-20-11-5-3-10(4-6-11)13-9-16(19)22-15-8-12(21-2)7-14(18)17(13)15/h3-9,18H,1-2H3. The highest BCUT2D eigenvalue weighted by Crippen LogP contribution is 2.37. The average Bonchev–Trinajstić information content (AvgIpc) is 2.53. The van der Waals surface area contributed by atoms with Gasteiger partial charge in [-0.3, -0.25) is 0 Å². The van der Waals surface area contributed by atoms with E-state index in [4.69, 9.17) is 13.9 Å². The van der Waals surface area contributed by atoms with Gasteiger partial charge in [-0.25, -0.2) is 4.79 Å². The van der Waals surface area contributed by atoms with Gasteiger partial charge in [-0.05, 0) is 17.7 Å². The fourth-order valence-corrected chi connectivity index (χ4v) is 2.37. The van der Waals surface area contributed by atoms with E-state index in [-0.39, 0.29) is 11.3 Å². The second-order valence-corrected chi connectivity index (χ2v) is 4.73. The Morgan fingerprint density at radius 1 is 0.955 bits per heavy atom. The van der Waals surface area contributed by atoms with Gasteiger partial charge >= 0.3 is 5.63 Å². The summed E-state index contributed by atoms with van der Waals surface area (Å²) in [4.78, 5) is 11.8. The Morgan fingerprint density at radius 3 is 2.27 bits per heavy atom. The molecule has 0 fully saturated rings. The van der Waals surface area contributed by atoms with E-state index < -0.39 is 5.63 Å². The third-order valence-electron chi connectivity index (χ3n) is 3.43. The van der Waals surface area contributed by atoms with E-state index in [2.05, 4.69) is 0 Å². The number of methoxy groups -OCH3 is 2. The zero-order chi connectivity index (χ0) is 15.7. The maximum atomic E-state index is 11.8. The van der Waals surface area contributed by atoms with Gasteiger partial charge < -0.3 is 19.0 Å². The molecule has 1 N–H and O–H groups in total. The molecule has 0 radical (unpaired) electrons. The number of fused-ring (bicyclic) bond motifs is 1. The van der Waals surface area contributed by atoms with E-state index in [1.54, 1.807) is 25.3 Å². The van der Waals surface area contributed by atoms with Gasteiger partial charge in [-0.2, -0.15) is 0 Å². The van der Waals surface area contributed by atoms with Gasteiger partial charge in [0.1, 0.15) is 22.8 Å². The van der Waals surface area contributed by atoms with Crippen molar-refractivity contribution in [3.05, 3.63) is 52.9 Å². The number of aromatic hydroxyl groups is 1. The zero-order valence-corrected chi connectivity index (χ0v) is 12.1. The lowest BCUT2D eigenvalue weighted by atomic mass is 10.0. The first-order valence-electron chi connectivity index (χ1n) is 6.61. The number of hydrogen-bond donors (Lipinski definition) is 1. The normalized spacial score (nSPS) is 10.6. The van der Waals surface area contributed by atoms with Crippen LogP contribution >= 0.6 is 0 Å². The Labute approximate surface area is 126 Å². The van der Waals surface area contributed by atoms with Crippen LogP contribution < -0.4 is 15.1 Å². The fraction of sp³-hybridized carbons (Fsp3) is 0.118. The molecule has 3 rings (SSSR count). The molecule has 0 bridgehead atoms. The van der Waals surface area contributed by atoms with Crippen molar-refractivity contribution in [2.45, 2.75) is 0 Å². The summed E-state index contributed by atoms with van der Waals surface area (Å²) in [7, 11) is 3.06. The maximum Gasteiger partial charge on any atom is 0.336 e. The van der Waals surface area contributed by atoms with Crippen molar-refractivity contribution in [3.8, 4) is 28.4 Å². The van der Waals surface area contributed by atoms with Gasteiger partial charge in [0.05, 0.1) is 19.6 Å². The first kappa shape index (κ1) is 14.0. The molecule has 2 aromatic carbocycles. The molecular weight excluding hydrogens is 284 g/mol. The summed E-state index contributed by atoms with van der Waals surface area (Å²) in [5.74, 6) is 1.12. The summed E-state index contributed by atoms with van der Waals surface area (Å²) < 4.78 is 15.4. The molecule has 0 amide bonds. The highest BCUT2D eigenvalue weighted by molar-refractivity contribution is 5.98. The molecule has 1 aromatic heterocycles. The third-order valence-corrected chi connectivity index (χ3v) is 3.43. The second-order valence-electron chi connectivity index (χ2n) is 4.73. The van der Waals surface area contributed by atoms with Crippen LogP contribution in [0.3, 0.4) is 0 Å². The van der Waals surface area contributed by atoms with E-state index >= 15 is 0 Å². The fourth-order valence-electron chi connectivity index (χ4n) is 2.37. The Bertz CT molecular complexity index is 878. The van der Waals surface area contributed by atoms with Crippen molar-refractivity contribution < 1.29 is 19.0 Å². The molecular formula is C17H14O5. The molecule has 0 aliphatic heterocycles. The largest absolute Gasteiger partial charge is 0.507 e. The van der Waals surface area contributed by atoms with E-state index in [0.29, 0.717) is 22.4 Å². The summed E-state index contributed by atoms with van der Waals surface area (Å²) in [6, 6.07) is 11.6. The topological polar surface area (TPSA) is 68.9 Å². The quantitative estimate of drug-likeness (QED) is 0.752. The predicted molar refractivity (Wildman–Crippen MR) is 82.7 cm³/mol. The van der Waals surface area contributed by atoms with Gasteiger partial charge in [0.25, 0.3) is 0 Å². The average molecular weight is 298 g/mol. The van der Waals surface area contributed by atoms with E-state index in [0.717, 1.165) is 5.56 Å². The molecule has 0 aliphatic carbocycles. The SMILES string of the molecule is COc1ccc(-c2cc(=O)oc3cc(OC)cc(O)c23)cc1. The van der Waals surface area contributed by atoms with Crippen molar-refractivity contribution in [2.75, 3.05) is 14.2 Å². The number of benzene rings is 2. The van der Waals surface area contributed by atoms with Gasteiger partial charge in [-0.15, -0.1) is 0 Å². The first-order valence-corrected chi connectivity index (χ1v) is 6.61. The Kier molecular flexibility index (Phi) is 3.47.